The number of hydrogen-bond acceptors (Lipinski definition) is 3. The van der Waals surface area contributed by atoms with E-state index in [1.807, 2.05) is 18.4 Å². The minimum absolute atomic E-state index is 0.00624. The van der Waals surface area contributed by atoms with Gasteiger partial charge in [0.25, 0.3) is 0 Å². The number of carbonyl (C=O) groups is 1. The number of rotatable bonds is 6. The summed E-state index contributed by atoms with van der Waals surface area (Å²) < 4.78 is 0. The Morgan fingerprint density at radius 3 is 3.06 bits per heavy atom. The quantitative estimate of drug-likeness (QED) is 0.705. The van der Waals surface area contributed by atoms with Crippen LogP contribution in [-0.4, -0.2) is 30.3 Å². The average Bonchev–Trinajstić information content (AvgIpc) is 2.70. The van der Waals surface area contributed by atoms with Gasteiger partial charge in [-0.2, -0.15) is 0 Å². The van der Waals surface area contributed by atoms with E-state index in [-0.39, 0.29) is 18.7 Å². The summed E-state index contributed by atoms with van der Waals surface area (Å²) >= 11 is 1.69. The van der Waals surface area contributed by atoms with Crippen LogP contribution in [0.25, 0.3) is 0 Å². The predicted octanol–water partition coefficient (Wildman–Crippen LogP) is 1.36. The Labute approximate surface area is 99.7 Å². The van der Waals surface area contributed by atoms with E-state index >= 15 is 0 Å². The van der Waals surface area contributed by atoms with Crippen molar-refractivity contribution in [2.75, 3.05) is 13.2 Å². The molecule has 1 rings (SSSR count). The Bertz CT molecular complexity index is 301. The van der Waals surface area contributed by atoms with E-state index in [0.717, 1.165) is 6.42 Å². The van der Waals surface area contributed by atoms with Crippen molar-refractivity contribution in [3.8, 4) is 0 Å². The Kier molecular flexibility index (Phi) is 5.88. The largest absolute Gasteiger partial charge is 0.396 e. The third kappa shape index (κ3) is 5.14. The molecule has 0 aliphatic carbocycles. The van der Waals surface area contributed by atoms with Crippen molar-refractivity contribution in [2.45, 2.75) is 25.8 Å². The molecule has 0 saturated heterocycles. The van der Waals surface area contributed by atoms with Crippen LogP contribution in [-0.2, 0) is 6.42 Å². The van der Waals surface area contributed by atoms with Gasteiger partial charge in [-0.25, -0.2) is 4.79 Å². The van der Waals surface area contributed by atoms with Crippen LogP contribution < -0.4 is 10.6 Å². The van der Waals surface area contributed by atoms with Crippen molar-refractivity contribution in [1.82, 2.24) is 10.6 Å². The maximum Gasteiger partial charge on any atom is 0.315 e. The summed E-state index contributed by atoms with van der Waals surface area (Å²) in [6.07, 6.45) is 1.44. The highest BCUT2D eigenvalue weighted by molar-refractivity contribution is 7.09. The molecule has 5 heteroatoms. The lowest BCUT2D eigenvalue weighted by atomic mass is 10.2. The van der Waals surface area contributed by atoms with Crippen molar-refractivity contribution in [2.24, 2.45) is 0 Å². The van der Waals surface area contributed by atoms with Gasteiger partial charge in [0, 0.05) is 24.1 Å². The fourth-order valence-electron chi connectivity index (χ4n) is 1.29. The van der Waals surface area contributed by atoms with E-state index in [2.05, 4.69) is 16.7 Å². The molecule has 16 heavy (non-hydrogen) atoms. The van der Waals surface area contributed by atoms with E-state index in [4.69, 9.17) is 5.11 Å². The second kappa shape index (κ2) is 7.24. The first-order valence-electron chi connectivity index (χ1n) is 5.40. The first-order valence-corrected chi connectivity index (χ1v) is 6.28. The zero-order valence-corrected chi connectivity index (χ0v) is 10.2. The third-order valence-corrected chi connectivity index (χ3v) is 3.11. The molecule has 0 unspecified atom stereocenters. The van der Waals surface area contributed by atoms with E-state index in [0.29, 0.717) is 13.0 Å². The number of amides is 2. The van der Waals surface area contributed by atoms with Gasteiger partial charge in [-0.15, -0.1) is 11.3 Å². The zero-order valence-electron chi connectivity index (χ0n) is 9.40. The van der Waals surface area contributed by atoms with Crippen molar-refractivity contribution in [1.29, 1.82) is 0 Å². The normalized spacial score (nSPS) is 12.1. The Hall–Kier alpha value is -1.07. The molecule has 1 aromatic rings. The van der Waals surface area contributed by atoms with Crippen molar-refractivity contribution >= 4 is 17.4 Å². The summed E-state index contributed by atoms with van der Waals surface area (Å²) in [6, 6.07) is 3.89. The number of thiophene rings is 1. The number of nitrogens with one attached hydrogen (secondary N) is 2. The minimum Gasteiger partial charge on any atom is -0.396 e. The summed E-state index contributed by atoms with van der Waals surface area (Å²) in [5, 5.41) is 16.2. The molecule has 90 valence electrons. The van der Waals surface area contributed by atoms with Crippen LogP contribution in [0.15, 0.2) is 17.5 Å². The van der Waals surface area contributed by atoms with Crippen molar-refractivity contribution in [3.05, 3.63) is 22.4 Å². The van der Waals surface area contributed by atoms with Gasteiger partial charge in [-0.1, -0.05) is 6.07 Å². The molecule has 4 nitrogen and oxygen atoms in total. The van der Waals surface area contributed by atoms with Crippen molar-refractivity contribution < 1.29 is 9.90 Å². The van der Waals surface area contributed by atoms with Gasteiger partial charge in [0.05, 0.1) is 0 Å². The number of aliphatic hydroxyl groups excluding tert-OH is 1. The van der Waals surface area contributed by atoms with Crippen LogP contribution in [0, 0.1) is 0 Å². The molecular formula is C11H18N2O2S. The van der Waals surface area contributed by atoms with Gasteiger partial charge >= 0.3 is 6.03 Å². The molecule has 2 amide bonds. The molecule has 0 radical (unpaired) electrons. The standard InChI is InChI=1S/C11H18N2O2S/c1-9(5-7-14)13-11(15)12-6-4-10-3-2-8-16-10/h2-3,8-9,14H,4-7H2,1H3,(H2,12,13,15)/t9-/m1/s1. The molecule has 0 aliphatic heterocycles. The van der Waals surface area contributed by atoms with Crippen LogP contribution in [0.1, 0.15) is 18.2 Å². The van der Waals surface area contributed by atoms with E-state index in [9.17, 15) is 4.79 Å². The molecule has 0 fully saturated rings. The van der Waals surface area contributed by atoms with Gasteiger partial charge in [0.15, 0.2) is 0 Å². The molecule has 1 aromatic heterocycles. The zero-order chi connectivity index (χ0) is 11.8. The van der Waals surface area contributed by atoms with Crippen LogP contribution >= 0.6 is 11.3 Å². The maximum absolute atomic E-state index is 11.4. The SMILES string of the molecule is C[C@H](CCO)NC(=O)NCCc1cccs1. The molecule has 0 bridgehead atoms. The number of urea groups is 1. The molecule has 0 aromatic carbocycles. The number of carbonyl (C=O) groups excluding carboxylic acids is 1. The average molecular weight is 242 g/mol. The number of aliphatic hydroxyl groups is 1. The van der Waals surface area contributed by atoms with Gasteiger partial charge in [0.2, 0.25) is 0 Å². The molecular weight excluding hydrogens is 224 g/mol. The Morgan fingerprint density at radius 1 is 1.62 bits per heavy atom. The van der Waals surface area contributed by atoms with Gasteiger partial charge in [-0.3, -0.25) is 0 Å². The van der Waals surface area contributed by atoms with Crippen LogP contribution in [0.5, 0.6) is 0 Å². The summed E-state index contributed by atoms with van der Waals surface area (Å²) in [4.78, 5) is 12.6. The molecule has 0 saturated carbocycles. The smallest absolute Gasteiger partial charge is 0.315 e. The first-order chi connectivity index (χ1) is 7.72. The summed E-state index contributed by atoms with van der Waals surface area (Å²) in [7, 11) is 0. The number of hydrogen-bond donors (Lipinski definition) is 3. The Morgan fingerprint density at radius 2 is 2.44 bits per heavy atom. The summed E-state index contributed by atoms with van der Waals surface area (Å²) in [5.41, 5.74) is 0. The van der Waals surface area contributed by atoms with Gasteiger partial charge in [0.1, 0.15) is 0 Å². The fraction of sp³-hybridized carbons (Fsp3) is 0.545. The highest BCUT2D eigenvalue weighted by atomic mass is 32.1. The summed E-state index contributed by atoms with van der Waals surface area (Å²) in [5.74, 6) is 0. The van der Waals surface area contributed by atoms with Crippen LogP contribution in [0.4, 0.5) is 4.79 Å². The minimum atomic E-state index is -0.169. The van der Waals surface area contributed by atoms with E-state index < -0.39 is 0 Å². The lowest BCUT2D eigenvalue weighted by Gasteiger charge is -2.12. The lowest BCUT2D eigenvalue weighted by Crippen LogP contribution is -2.41. The fourth-order valence-corrected chi connectivity index (χ4v) is 2.00. The maximum atomic E-state index is 11.4. The lowest BCUT2D eigenvalue weighted by molar-refractivity contribution is 0.231. The second-order valence-corrected chi connectivity index (χ2v) is 4.68. The Balaban J connectivity index is 2.10. The van der Waals surface area contributed by atoms with E-state index in [1.54, 1.807) is 11.3 Å². The molecule has 1 heterocycles. The third-order valence-electron chi connectivity index (χ3n) is 2.18. The molecule has 1 atom stereocenters. The monoisotopic (exact) mass is 242 g/mol. The van der Waals surface area contributed by atoms with Gasteiger partial charge in [-0.05, 0) is 31.2 Å². The highest BCUT2D eigenvalue weighted by Crippen LogP contribution is 2.07. The topological polar surface area (TPSA) is 61.4 Å². The van der Waals surface area contributed by atoms with E-state index in [1.165, 1.54) is 4.88 Å². The predicted molar refractivity (Wildman–Crippen MR) is 65.7 cm³/mol. The van der Waals surface area contributed by atoms with Crippen LogP contribution in [0.3, 0.4) is 0 Å². The second-order valence-electron chi connectivity index (χ2n) is 3.64. The molecule has 0 aliphatic rings. The summed E-state index contributed by atoms with van der Waals surface area (Å²) in [6.45, 7) is 2.60. The molecule has 3 N–H and O–H groups in total. The van der Waals surface area contributed by atoms with Gasteiger partial charge < -0.3 is 15.7 Å². The van der Waals surface area contributed by atoms with Crippen LogP contribution in [0.2, 0.25) is 0 Å². The first kappa shape index (κ1) is 13.0. The molecule has 0 spiro atoms. The highest BCUT2D eigenvalue weighted by Gasteiger charge is 2.05. The van der Waals surface area contributed by atoms with Crippen molar-refractivity contribution in [3.63, 3.8) is 0 Å².